The molecule has 0 saturated carbocycles. The summed E-state index contributed by atoms with van der Waals surface area (Å²) in [4.78, 5) is 2.43. The van der Waals surface area contributed by atoms with Gasteiger partial charge >= 0.3 is 0 Å². The summed E-state index contributed by atoms with van der Waals surface area (Å²) >= 11 is 0. The van der Waals surface area contributed by atoms with E-state index in [1.807, 2.05) is 7.05 Å². The molecule has 1 rings (SSSR count). The van der Waals surface area contributed by atoms with Gasteiger partial charge in [-0.25, -0.2) is 0 Å². The second kappa shape index (κ2) is 6.85. The lowest BCUT2D eigenvalue weighted by Crippen LogP contribution is -2.51. The molecule has 0 amide bonds. The molecule has 1 heterocycles. The molecule has 0 aromatic carbocycles. The Morgan fingerprint density at radius 3 is 2.61 bits per heavy atom. The van der Waals surface area contributed by atoms with E-state index in [4.69, 9.17) is 4.74 Å². The van der Waals surface area contributed by atoms with Crippen molar-refractivity contribution in [2.24, 2.45) is 5.41 Å². The van der Waals surface area contributed by atoms with Gasteiger partial charge in [0.1, 0.15) is 0 Å². The number of nitrogens with one attached hydrogen (secondary N) is 1. The van der Waals surface area contributed by atoms with Crippen molar-refractivity contribution in [1.29, 1.82) is 0 Å². The van der Waals surface area contributed by atoms with E-state index in [1.165, 1.54) is 0 Å². The van der Waals surface area contributed by atoms with Gasteiger partial charge in [-0.2, -0.15) is 0 Å². The van der Waals surface area contributed by atoms with Gasteiger partial charge in [0.25, 0.3) is 0 Å². The van der Waals surface area contributed by atoms with Gasteiger partial charge in [0.05, 0.1) is 19.3 Å². The van der Waals surface area contributed by atoms with E-state index in [0.717, 1.165) is 26.1 Å². The summed E-state index contributed by atoms with van der Waals surface area (Å²) < 4.78 is 5.56. The standard InChI is InChI=1S/C14H30N2O2/c1-11-10-18-12(9-17)8-16(11)7-6-13(15-5)14(2,3)4/h11-13,15,17H,6-10H2,1-5H3. The van der Waals surface area contributed by atoms with E-state index in [-0.39, 0.29) is 18.1 Å². The van der Waals surface area contributed by atoms with Gasteiger partial charge in [-0.15, -0.1) is 0 Å². The van der Waals surface area contributed by atoms with E-state index in [9.17, 15) is 5.11 Å². The van der Waals surface area contributed by atoms with Gasteiger partial charge in [0, 0.05) is 25.2 Å². The molecular weight excluding hydrogens is 228 g/mol. The zero-order chi connectivity index (χ0) is 13.8. The quantitative estimate of drug-likeness (QED) is 0.775. The molecule has 1 aliphatic heterocycles. The fourth-order valence-corrected chi connectivity index (χ4v) is 2.60. The van der Waals surface area contributed by atoms with E-state index >= 15 is 0 Å². The zero-order valence-electron chi connectivity index (χ0n) is 12.6. The molecule has 0 aliphatic carbocycles. The Bertz CT molecular complexity index is 240. The first-order chi connectivity index (χ1) is 8.38. The third-order valence-electron chi connectivity index (χ3n) is 3.94. The lowest BCUT2D eigenvalue weighted by atomic mass is 9.84. The number of aliphatic hydroxyl groups excluding tert-OH is 1. The molecule has 0 radical (unpaired) electrons. The first-order valence-corrected chi connectivity index (χ1v) is 7.02. The number of hydrogen-bond donors (Lipinski definition) is 2. The second-order valence-electron chi connectivity index (χ2n) is 6.48. The third kappa shape index (κ3) is 4.50. The van der Waals surface area contributed by atoms with Crippen molar-refractivity contribution in [2.75, 3.05) is 33.4 Å². The van der Waals surface area contributed by atoms with Gasteiger partial charge in [-0.05, 0) is 25.8 Å². The van der Waals surface area contributed by atoms with E-state index in [0.29, 0.717) is 12.1 Å². The summed E-state index contributed by atoms with van der Waals surface area (Å²) in [5.41, 5.74) is 0.278. The highest BCUT2D eigenvalue weighted by molar-refractivity contribution is 4.83. The van der Waals surface area contributed by atoms with E-state index in [2.05, 4.69) is 37.9 Å². The van der Waals surface area contributed by atoms with Crippen molar-refractivity contribution >= 4 is 0 Å². The molecule has 3 atom stereocenters. The molecule has 4 nitrogen and oxygen atoms in total. The molecular formula is C14H30N2O2. The van der Waals surface area contributed by atoms with Crippen LogP contribution in [0.1, 0.15) is 34.1 Å². The van der Waals surface area contributed by atoms with Crippen LogP contribution in [0.2, 0.25) is 0 Å². The summed E-state index contributed by atoms with van der Waals surface area (Å²) in [5, 5.41) is 12.6. The van der Waals surface area contributed by atoms with Gasteiger partial charge in [-0.1, -0.05) is 20.8 Å². The Morgan fingerprint density at radius 2 is 2.11 bits per heavy atom. The minimum atomic E-state index is -0.0103. The predicted octanol–water partition coefficient (Wildman–Crippen LogP) is 1.09. The number of nitrogens with zero attached hydrogens (tertiary/aromatic N) is 1. The number of rotatable bonds is 5. The average molecular weight is 258 g/mol. The van der Waals surface area contributed by atoms with Crippen LogP contribution in [0.25, 0.3) is 0 Å². The Kier molecular flexibility index (Phi) is 6.05. The van der Waals surface area contributed by atoms with Crippen molar-refractivity contribution in [1.82, 2.24) is 10.2 Å². The topological polar surface area (TPSA) is 44.7 Å². The van der Waals surface area contributed by atoms with Crippen LogP contribution >= 0.6 is 0 Å². The highest BCUT2D eigenvalue weighted by atomic mass is 16.5. The molecule has 0 aromatic rings. The van der Waals surface area contributed by atoms with Crippen LogP contribution in [0, 0.1) is 5.41 Å². The van der Waals surface area contributed by atoms with Gasteiger partial charge in [0.2, 0.25) is 0 Å². The van der Waals surface area contributed by atoms with Crippen LogP contribution in [0.3, 0.4) is 0 Å². The molecule has 0 spiro atoms. The van der Waals surface area contributed by atoms with Crippen molar-refractivity contribution < 1.29 is 9.84 Å². The third-order valence-corrected chi connectivity index (χ3v) is 3.94. The molecule has 1 saturated heterocycles. The Hall–Kier alpha value is -0.160. The van der Waals surface area contributed by atoms with Crippen molar-refractivity contribution in [3.8, 4) is 0 Å². The maximum atomic E-state index is 9.18. The SMILES string of the molecule is CNC(CCN1CC(CO)OCC1C)C(C)(C)C. The van der Waals surface area contributed by atoms with E-state index in [1.54, 1.807) is 0 Å². The first kappa shape index (κ1) is 15.9. The second-order valence-corrected chi connectivity index (χ2v) is 6.48. The molecule has 4 heteroatoms. The van der Waals surface area contributed by atoms with Crippen molar-refractivity contribution in [2.45, 2.75) is 52.3 Å². The van der Waals surface area contributed by atoms with Crippen molar-refractivity contribution in [3.05, 3.63) is 0 Å². The summed E-state index contributed by atoms with van der Waals surface area (Å²) in [6.45, 7) is 11.8. The highest BCUT2D eigenvalue weighted by Crippen LogP contribution is 2.22. The first-order valence-electron chi connectivity index (χ1n) is 7.02. The molecule has 108 valence electrons. The summed E-state index contributed by atoms with van der Waals surface area (Å²) in [5.74, 6) is 0. The largest absolute Gasteiger partial charge is 0.394 e. The minimum Gasteiger partial charge on any atom is -0.394 e. The van der Waals surface area contributed by atoms with Crippen LogP contribution in [0.15, 0.2) is 0 Å². The van der Waals surface area contributed by atoms with Crippen LogP contribution < -0.4 is 5.32 Å². The smallest absolute Gasteiger partial charge is 0.0933 e. The zero-order valence-corrected chi connectivity index (χ0v) is 12.6. The Morgan fingerprint density at radius 1 is 1.44 bits per heavy atom. The average Bonchev–Trinajstić information content (AvgIpc) is 2.30. The van der Waals surface area contributed by atoms with Crippen LogP contribution in [0.4, 0.5) is 0 Å². The molecule has 1 aliphatic rings. The fraction of sp³-hybridized carbons (Fsp3) is 1.00. The Balaban J connectivity index is 2.45. The van der Waals surface area contributed by atoms with Gasteiger partial charge in [-0.3, -0.25) is 4.90 Å². The monoisotopic (exact) mass is 258 g/mol. The molecule has 2 N–H and O–H groups in total. The molecule has 0 bridgehead atoms. The number of ether oxygens (including phenoxy) is 1. The van der Waals surface area contributed by atoms with Crippen LogP contribution in [0.5, 0.6) is 0 Å². The molecule has 0 aromatic heterocycles. The lowest BCUT2D eigenvalue weighted by molar-refractivity contribution is -0.0789. The molecule has 18 heavy (non-hydrogen) atoms. The van der Waals surface area contributed by atoms with Crippen LogP contribution in [-0.4, -0.2) is 61.5 Å². The minimum absolute atomic E-state index is 0.0103. The Labute approximate surface area is 112 Å². The normalized spacial score (nSPS) is 28.3. The molecule has 3 unspecified atom stereocenters. The van der Waals surface area contributed by atoms with Crippen LogP contribution in [-0.2, 0) is 4.74 Å². The maximum Gasteiger partial charge on any atom is 0.0933 e. The van der Waals surface area contributed by atoms with Gasteiger partial charge < -0.3 is 15.2 Å². The lowest BCUT2D eigenvalue weighted by Gasteiger charge is -2.39. The summed E-state index contributed by atoms with van der Waals surface area (Å²) in [7, 11) is 2.04. The number of morpholine rings is 1. The maximum absolute atomic E-state index is 9.18. The number of aliphatic hydroxyl groups is 1. The van der Waals surface area contributed by atoms with Crippen molar-refractivity contribution in [3.63, 3.8) is 0 Å². The summed E-state index contributed by atoms with van der Waals surface area (Å²) in [6, 6.07) is 0.963. The predicted molar refractivity (Wildman–Crippen MR) is 74.8 cm³/mol. The van der Waals surface area contributed by atoms with Gasteiger partial charge in [0.15, 0.2) is 0 Å². The number of hydrogen-bond acceptors (Lipinski definition) is 4. The summed E-state index contributed by atoms with van der Waals surface area (Å²) in [6.07, 6.45) is 1.12. The van der Waals surface area contributed by atoms with E-state index < -0.39 is 0 Å². The highest BCUT2D eigenvalue weighted by Gasteiger charge is 2.28. The molecule has 1 fully saturated rings. The fourth-order valence-electron chi connectivity index (χ4n) is 2.60.